The Morgan fingerprint density at radius 2 is 1.35 bits per heavy atom. The Morgan fingerprint density at radius 1 is 0.800 bits per heavy atom. The standard InChI is InChI=1S/C18H32N2/c1-2-3-4-5-6-7-8-9-10-11-12-13-14-16-20-17-15-19-18-20/h2,15,17-18H,1,3-14,16H2. The zero-order valence-corrected chi connectivity index (χ0v) is 13.1. The molecule has 0 amide bonds. The van der Waals surface area contributed by atoms with Gasteiger partial charge < -0.3 is 4.57 Å². The summed E-state index contributed by atoms with van der Waals surface area (Å²) in [7, 11) is 0. The van der Waals surface area contributed by atoms with Crippen molar-refractivity contribution >= 4 is 0 Å². The van der Waals surface area contributed by atoms with Crippen LogP contribution in [0.1, 0.15) is 77.0 Å². The number of aryl methyl sites for hydroxylation is 1. The van der Waals surface area contributed by atoms with Gasteiger partial charge in [-0.2, -0.15) is 0 Å². The van der Waals surface area contributed by atoms with Crippen molar-refractivity contribution in [1.82, 2.24) is 9.55 Å². The third-order valence-electron chi connectivity index (χ3n) is 3.88. The molecule has 2 heteroatoms. The first-order valence-electron chi connectivity index (χ1n) is 8.50. The third kappa shape index (κ3) is 9.82. The smallest absolute Gasteiger partial charge is 0.0945 e. The molecule has 0 aliphatic carbocycles. The maximum Gasteiger partial charge on any atom is 0.0945 e. The van der Waals surface area contributed by atoms with Crippen molar-refractivity contribution in [3.63, 3.8) is 0 Å². The SMILES string of the molecule is C=CCCCCCCCCCCCCCn1ccnc1. The molecule has 0 saturated carbocycles. The summed E-state index contributed by atoms with van der Waals surface area (Å²) in [6.07, 6.45) is 24.4. The van der Waals surface area contributed by atoms with E-state index in [1.807, 2.05) is 18.6 Å². The minimum atomic E-state index is 1.13. The molecule has 1 aromatic rings. The molecule has 0 aromatic carbocycles. The van der Waals surface area contributed by atoms with E-state index in [0.29, 0.717) is 0 Å². The van der Waals surface area contributed by atoms with Crippen LogP contribution in [0.25, 0.3) is 0 Å². The highest BCUT2D eigenvalue weighted by Gasteiger charge is 1.94. The Balaban J connectivity index is 1.71. The van der Waals surface area contributed by atoms with Gasteiger partial charge in [0.15, 0.2) is 0 Å². The van der Waals surface area contributed by atoms with Crippen LogP contribution in [0, 0.1) is 0 Å². The molecule has 20 heavy (non-hydrogen) atoms. The van der Waals surface area contributed by atoms with Crippen LogP contribution in [-0.2, 0) is 6.54 Å². The number of imidazole rings is 1. The second kappa shape index (κ2) is 13.0. The van der Waals surface area contributed by atoms with E-state index < -0.39 is 0 Å². The summed E-state index contributed by atoms with van der Waals surface area (Å²) in [5.41, 5.74) is 0. The molecule has 0 aliphatic heterocycles. The first-order valence-corrected chi connectivity index (χ1v) is 8.50. The highest BCUT2D eigenvalue weighted by molar-refractivity contribution is 4.73. The number of hydrogen-bond acceptors (Lipinski definition) is 1. The topological polar surface area (TPSA) is 17.8 Å². The van der Waals surface area contributed by atoms with Crippen LogP contribution in [-0.4, -0.2) is 9.55 Å². The zero-order chi connectivity index (χ0) is 14.3. The molecule has 114 valence electrons. The van der Waals surface area contributed by atoms with E-state index in [9.17, 15) is 0 Å². The second-order valence-electron chi connectivity index (χ2n) is 5.77. The molecule has 0 bridgehead atoms. The highest BCUT2D eigenvalue weighted by Crippen LogP contribution is 2.12. The first-order chi connectivity index (χ1) is 9.93. The molecule has 0 unspecified atom stereocenters. The van der Waals surface area contributed by atoms with E-state index in [4.69, 9.17) is 0 Å². The Kier molecular flexibility index (Phi) is 11.0. The lowest BCUT2D eigenvalue weighted by Gasteiger charge is -2.03. The quantitative estimate of drug-likeness (QED) is 0.312. The number of allylic oxidation sites excluding steroid dienone is 1. The van der Waals surface area contributed by atoms with Crippen molar-refractivity contribution in [3.8, 4) is 0 Å². The summed E-state index contributed by atoms with van der Waals surface area (Å²) in [5.74, 6) is 0. The molecule has 0 aliphatic rings. The molecular formula is C18H32N2. The fourth-order valence-electron chi connectivity index (χ4n) is 2.59. The lowest BCUT2D eigenvalue weighted by Crippen LogP contribution is -1.93. The van der Waals surface area contributed by atoms with Gasteiger partial charge in [0.1, 0.15) is 0 Å². The monoisotopic (exact) mass is 276 g/mol. The van der Waals surface area contributed by atoms with Crippen LogP contribution >= 0.6 is 0 Å². The summed E-state index contributed by atoms with van der Waals surface area (Å²) in [5, 5.41) is 0. The van der Waals surface area contributed by atoms with E-state index in [0.717, 1.165) is 6.54 Å². The number of nitrogens with zero attached hydrogens (tertiary/aromatic N) is 2. The van der Waals surface area contributed by atoms with E-state index in [1.54, 1.807) is 0 Å². The number of unbranched alkanes of at least 4 members (excludes halogenated alkanes) is 11. The van der Waals surface area contributed by atoms with Gasteiger partial charge in [-0.05, 0) is 19.3 Å². The van der Waals surface area contributed by atoms with Crippen LogP contribution in [0.3, 0.4) is 0 Å². The van der Waals surface area contributed by atoms with Gasteiger partial charge in [-0.15, -0.1) is 6.58 Å². The van der Waals surface area contributed by atoms with Gasteiger partial charge in [0.05, 0.1) is 6.33 Å². The van der Waals surface area contributed by atoms with Crippen LogP contribution in [0.15, 0.2) is 31.4 Å². The minimum Gasteiger partial charge on any atom is -0.337 e. The Hall–Kier alpha value is -1.05. The molecule has 1 aromatic heterocycles. The van der Waals surface area contributed by atoms with E-state index >= 15 is 0 Å². The lowest BCUT2D eigenvalue weighted by molar-refractivity contribution is 0.530. The molecule has 1 heterocycles. The molecule has 0 saturated heterocycles. The van der Waals surface area contributed by atoms with Crippen LogP contribution in [0.2, 0.25) is 0 Å². The first kappa shape index (κ1) is 17.0. The van der Waals surface area contributed by atoms with Crippen LogP contribution in [0.5, 0.6) is 0 Å². The van der Waals surface area contributed by atoms with Gasteiger partial charge in [-0.3, -0.25) is 0 Å². The molecule has 0 N–H and O–H groups in total. The van der Waals surface area contributed by atoms with Gasteiger partial charge >= 0.3 is 0 Å². The Bertz CT molecular complexity index is 303. The summed E-state index contributed by atoms with van der Waals surface area (Å²) in [6.45, 7) is 4.89. The van der Waals surface area contributed by atoms with Crippen molar-refractivity contribution in [1.29, 1.82) is 0 Å². The summed E-state index contributed by atoms with van der Waals surface area (Å²) >= 11 is 0. The Labute approximate surface area is 125 Å². The summed E-state index contributed by atoms with van der Waals surface area (Å²) < 4.78 is 2.17. The van der Waals surface area contributed by atoms with Crippen molar-refractivity contribution in [2.45, 2.75) is 83.6 Å². The van der Waals surface area contributed by atoms with Gasteiger partial charge in [-0.25, -0.2) is 4.98 Å². The molecule has 2 nitrogen and oxygen atoms in total. The molecule has 0 radical (unpaired) electrons. The van der Waals surface area contributed by atoms with Crippen LogP contribution < -0.4 is 0 Å². The van der Waals surface area contributed by atoms with Crippen molar-refractivity contribution in [2.75, 3.05) is 0 Å². The van der Waals surface area contributed by atoms with Crippen LogP contribution in [0.4, 0.5) is 0 Å². The van der Waals surface area contributed by atoms with Crippen molar-refractivity contribution in [3.05, 3.63) is 31.4 Å². The lowest BCUT2D eigenvalue weighted by atomic mass is 10.1. The fourth-order valence-corrected chi connectivity index (χ4v) is 2.59. The van der Waals surface area contributed by atoms with Gasteiger partial charge in [0, 0.05) is 18.9 Å². The average Bonchev–Trinajstić information content (AvgIpc) is 2.97. The maximum atomic E-state index is 4.06. The number of hydrogen-bond donors (Lipinski definition) is 0. The second-order valence-corrected chi connectivity index (χ2v) is 5.77. The van der Waals surface area contributed by atoms with E-state index in [2.05, 4.69) is 22.3 Å². The highest BCUT2D eigenvalue weighted by atomic mass is 15.0. The number of aromatic nitrogens is 2. The molecule has 0 atom stereocenters. The van der Waals surface area contributed by atoms with E-state index in [-0.39, 0.29) is 0 Å². The third-order valence-corrected chi connectivity index (χ3v) is 3.88. The van der Waals surface area contributed by atoms with Gasteiger partial charge in [-0.1, -0.05) is 63.9 Å². The van der Waals surface area contributed by atoms with Crippen molar-refractivity contribution in [2.24, 2.45) is 0 Å². The average molecular weight is 276 g/mol. The van der Waals surface area contributed by atoms with Gasteiger partial charge in [0.2, 0.25) is 0 Å². The van der Waals surface area contributed by atoms with Crippen molar-refractivity contribution < 1.29 is 0 Å². The molecular weight excluding hydrogens is 244 g/mol. The minimum absolute atomic E-state index is 1.13. The normalized spacial score (nSPS) is 10.8. The van der Waals surface area contributed by atoms with E-state index in [1.165, 1.54) is 77.0 Å². The zero-order valence-electron chi connectivity index (χ0n) is 13.1. The number of rotatable bonds is 14. The molecule has 0 spiro atoms. The Morgan fingerprint density at radius 3 is 1.85 bits per heavy atom. The summed E-state index contributed by atoms with van der Waals surface area (Å²) in [6, 6.07) is 0. The largest absolute Gasteiger partial charge is 0.337 e. The predicted octanol–water partition coefficient (Wildman–Crippen LogP) is 5.75. The maximum absolute atomic E-state index is 4.06. The predicted molar refractivity (Wildman–Crippen MR) is 87.8 cm³/mol. The fraction of sp³-hybridized carbons (Fsp3) is 0.722. The molecule has 1 rings (SSSR count). The molecule has 0 fully saturated rings. The van der Waals surface area contributed by atoms with Gasteiger partial charge in [0.25, 0.3) is 0 Å². The summed E-state index contributed by atoms with van der Waals surface area (Å²) in [4.78, 5) is 4.06.